The first-order valence-corrected chi connectivity index (χ1v) is 8.55. The van der Waals surface area contributed by atoms with Crippen molar-refractivity contribution in [1.82, 2.24) is 15.3 Å². The number of aromatic amines is 1. The molecule has 3 nitrogen and oxygen atoms in total. The highest BCUT2D eigenvalue weighted by Crippen LogP contribution is 2.26. The minimum Gasteiger partial charge on any atom is -0.344 e. The van der Waals surface area contributed by atoms with E-state index in [0.717, 1.165) is 36.8 Å². The Balaban J connectivity index is 1.81. The molecule has 2 N–H and O–H groups in total. The Bertz CT molecular complexity index is 396. The molecule has 114 valence electrons. The first kappa shape index (κ1) is 15.8. The van der Waals surface area contributed by atoms with Gasteiger partial charge in [-0.3, -0.25) is 0 Å². The molecule has 1 aromatic rings. The van der Waals surface area contributed by atoms with Crippen LogP contribution in [-0.4, -0.2) is 16.0 Å². The van der Waals surface area contributed by atoms with Gasteiger partial charge in [-0.15, -0.1) is 0 Å². The Hall–Kier alpha value is -0.540. The van der Waals surface area contributed by atoms with E-state index in [1.54, 1.807) is 0 Å². The normalized spacial score (nSPS) is 18.4. The summed E-state index contributed by atoms with van der Waals surface area (Å²) in [5, 5.41) is 4.26. The third-order valence-corrected chi connectivity index (χ3v) is 4.81. The molecule has 1 saturated carbocycles. The summed E-state index contributed by atoms with van der Waals surface area (Å²) >= 11 is 6.21. The predicted octanol–water partition coefficient (Wildman–Crippen LogP) is 4.46. The number of halogens is 1. The molecule has 0 spiro atoms. The van der Waals surface area contributed by atoms with E-state index in [1.807, 2.05) is 0 Å². The molecule has 4 heteroatoms. The number of nitrogens with zero attached hydrogens (tertiary/aromatic N) is 1. The predicted molar refractivity (Wildman–Crippen MR) is 85.1 cm³/mol. The number of hydrogen-bond donors (Lipinski definition) is 2. The fraction of sp³-hybridized carbons (Fsp3) is 0.812. The lowest BCUT2D eigenvalue weighted by Crippen LogP contribution is -2.34. The maximum atomic E-state index is 6.21. The molecule has 1 aliphatic rings. The first-order valence-electron chi connectivity index (χ1n) is 8.17. The van der Waals surface area contributed by atoms with Crippen molar-refractivity contribution in [2.75, 3.05) is 0 Å². The monoisotopic (exact) mass is 297 g/mol. The second-order valence-electron chi connectivity index (χ2n) is 6.12. The zero-order chi connectivity index (χ0) is 14.4. The van der Waals surface area contributed by atoms with Crippen molar-refractivity contribution in [2.45, 2.75) is 77.8 Å². The number of nitrogens with one attached hydrogen (secondary N) is 2. The Morgan fingerprint density at radius 3 is 2.80 bits per heavy atom. The second-order valence-corrected chi connectivity index (χ2v) is 6.48. The zero-order valence-electron chi connectivity index (χ0n) is 12.8. The van der Waals surface area contributed by atoms with Gasteiger partial charge >= 0.3 is 0 Å². The number of hydrogen-bond acceptors (Lipinski definition) is 2. The number of aromatic nitrogens is 2. The maximum absolute atomic E-state index is 6.21. The van der Waals surface area contributed by atoms with E-state index in [4.69, 9.17) is 11.6 Å². The highest BCUT2D eigenvalue weighted by Gasteiger charge is 2.20. The topological polar surface area (TPSA) is 40.7 Å². The summed E-state index contributed by atoms with van der Waals surface area (Å²) in [5.74, 6) is 1.85. The molecule has 0 radical (unpaired) electrons. The highest BCUT2D eigenvalue weighted by atomic mass is 35.5. The van der Waals surface area contributed by atoms with Gasteiger partial charge < -0.3 is 10.3 Å². The fourth-order valence-corrected chi connectivity index (χ4v) is 3.30. The van der Waals surface area contributed by atoms with E-state index in [2.05, 4.69) is 29.1 Å². The van der Waals surface area contributed by atoms with Crippen LogP contribution in [0.1, 0.15) is 70.3 Å². The van der Waals surface area contributed by atoms with Crippen LogP contribution >= 0.6 is 11.6 Å². The molecule has 1 unspecified atom stereocenters. The number of H-pyrrole nitrogens is 1. The van der Waals surface area contributed by atoms with E-state index < -0.39 is 0 Å². The van der Waals surface area contributed by atoms with E-state index in [1.165, 1.54) is 38.5 Å². The van der Waals surface area contributed by atoms with Crippen molar-refractivity contribution in [3.8, 4) is 0 Å². The Morgan fingerprint density at radius 1 is 1.35 bits per heavy atom. The van der Waals surface area contributed by atoms with Crippen molar-refractivity contribution in [2.24, 2.45) is 5.92 Å². The molecule has 0 aliphatic heterocycles. The van der Waals surface area contributed by atoms with Crippen LogP contribution in [0.4, 0.5) is 0 Å². The number of aryl methyl sites for hydroxylation is 1. The van der Waals surface area contributed by atoms with E-state index in [-0.39, 0.29) is 0 Å². The van der Waals surface area contributed by atoms with Gasteiger partial charge in [0.15, 0.2) is 5.15 Å². The van der Waals surface area contributed by atoms with Gasteiger partial charge in [0.1, 0.15) is 5.82 Å². The van der Waals surface area contributed by atoms with Gasteiger partial charge in [-0.25, -0.2) is 4.98 Å². The molecular weight excluding hydrogens is 270 g/mol. The van der Waals surface area contributed by atoms with Gasteiger partial charge in [0.25, 0.3) is 0 Å². The summed E-state index contributed by atoms with van der Waals surface area (Å²) in [7, 11) is 0. The quantitative estimate of drug-likeness (QED) is 0.780. The van der Waals surface area contributed by atoms with Crippen LogP contribution < -0.4 is 5.32 Å². The average Bonchev–Trinajstić information content (AvgIpc) is 2.83. The van der Waals surface area contributed by atoms with Crippen LogP contribution in [0.5, 0.6) is 0 Å². The van der Waals surface area contributed by atoms with Crippen LogP contribution in [0.15, 0.2) is 0 Å². The van der Waals surface area contributed by atoms with Crippen LogP contribution in [-0.2, 0) is 13.0 Å². The molecule has 1 fully saturated rings. The van der Waals surface area contributed by atoms with Gasteiger partial charge in [0.2, 0.25) is 0 Å². The molecule has 2 rings (SSSR count). The van der Waals surface area contributed by atoms with Crippen molar-refractivity contribution in [3.05, 3.63) is 16.7 Å². The molecule has 0 saturated heterocycles. The minimum atomic E-state index is 0.564. The molecule has 0 amide bonds. The van der Waals surface area contributed by atoms with Gasteiger partial charge in [-0.1, -0.05) is 44.2 Å². The van der Waals surface area contributed by atoms with Crippen molar-refractivity contribution >= 4 is 11.6 Å². The lowest BCUT2D eigenvalue weighted by molar-refractivity contribution is 0.280. The molecular formula is C16H28ClN3. The molecule has 20 heavy (non-hydrogen) atoms. The molecule has 0 bridgehead atoms. The van der Waals surface area contributed by atoms with Crippen LogP contribution in [0.2, 0.25) is 5.15 Å². The van der Waals surface area contributed by atoms with E-state index in [9.17, 15) is 0 Å². The van der Waals surface area contributed by atoms with Gasteiger partial charge in [-0.2, -0.15) is 0 Å². The van der Waals surface area contributed by atoms with Gasteiger partial charge in [-0.05, 0) is 32.1 Å². The summed E-state index contributed by atoms with van der Waals surface area (Å²) in [6.07, 6.45) is 10.3. The summed E-state index contributed by atoms with van der Waals surface area (Å²) in [6, 6.07) is 0.564. The summed E-state index contributed by atoms with van der Waals surface area (Å²) in [6.45, 7) is 5.30. The number of rotatable bonds is 7. The third-order valence-electron chi connectivity index (χ3n) is 4.50. The lowest BCUT2D eigenvalue weighted by Gasteiger charge is -2.28. The molecule has 1 atom stereocenters. The third kappa shape index (κ3) is 4.49. The van der Waals surface area contributed by atoms with Gasteiger partial charge in [0.05, 0.1) is 5.69 Å². The average molecular weight is 298 g/mol. The Kier molecular flexibility index (Phi) is 6.37. The summed E-state index contributed by atoms with van der Waals surface area (Å²) in [5.41, 5.74) is 1.04. The molecule has 0 aromatic carbocycles. The van der Waals surface area contributed by atoms with E-state index >= 15 is 0 Å². The maximum Gasteiger partial charge on any atom is 0.151 e. The minimum absolute atomic E-state index is 0.564. The standard InChI is InChI=1S/C16H28ClN3/c1-3-4-10-15-19-14(16(17)20-15)11-18-12(2)13-8-6-5-7-9-13/h12-13,18H,3-11H2,1-2H3,(H,19,20). The molecule has 1 aromatic heterocycles. The second kappa shape index (κ2) is 8.04. The smallest absolute Gasteiger partial charge is 0.151 e. The number of unbranched alkanes of at least 4 members (excludes halogenated alkanes) is 1. The zero-order valence-corrected chi connectivity index (χ0v) is 13.6. The Morgan fingerprint density at radius 2 is 2.10 bits per heavy atom. The highest BCUT2D eigenvalue weighted by molar-refractivity contribution is 6.30. The summed E-state index contributed by atoms with van der Waals surface area (Å²) < 4.78 is 0. The summed E-state index contributed by atoms with van der Waals surface area (Å²) in [4.78, 5) is 7.78. The van der Waals surface area contributed by atoms with Crippen LogP contribution in [0.3, 0.4) is 0 Å². The Labute approximate surface area is 127 Å². The van der Waals surface area contributed by atoms with Crippen molar-refractivity contribution in [1.29, 1.82) is 0 Å². The largest absolute Gasteiger partial charge is 0.344 e. The van der Waals surface area contributed by atoms with Crippen molar-refractivity contribution < 1.29 is 0 Å². The number of imidazole rings is 1. The van der Waals surface area contributed by atoms with E-state index in [0.29, 0.717) is 11.2 Å². The first-order chi connectivity index (χ1) is 9.70. The SMILES string of the molecule is CCCCc1nc(Cl)c(CNC(C)C2CCCCC2)[nH]1. The lowest BCUT2D eigenvalue weighted by atomic mass is 9.84. The fourth-order valence-electron chi connectivity index (χ4n) is 3.08. The van der Waals surface area contributed by atoms with Gasteiger partial charge in [0, 0.05) is 19.0 Å². The molecule has 1 aliphatic carbocycles. The molecule has 1 heterocycles. The van der Waals surface area contributed by atoms with Crippen LogP contribution in [0, 0.1) is 5.92 Å². The van der Waals surface area contributed by atoms with Crippen molar-refractivity contribution in [3.63, 3.8) is 0 Å². The van der Waals surface area contributed by atoms with Crippen LogP contribution in [0.25, 0.3) is 0 Å².